The van der Waals surface area contributed by atoms with Crippen molar-refractivity contribution in [3.63, 3.8) is 0 Å². The van der Waals surface area contributed by atoms with Crippen LogP contribution in [0.15, 0.2) is 12.3 Å². The van der Waals surface area contributed by atoms with Gasteiger partial charge >= 0.3 is 0 Å². The van der Waals surface area contributed by atoms with E-state index in [0.717, 1.165) is 19.4 Å². The molecule has 0 aliphatic heterocycles. The minimum atomic E-state index is 0.287. The van der Waals surface area contributed by atoms with E-state index < -0.39 is 0 Å². The van der Waals surface area contributed by atoms with Gasteiger partial charge in [0.1, 0.15) is 0 Å². The number of nitrogens with zero attached hydrogens (tertiary/aromatic N) is 2. The Morgan fingerprint density at radius 3 is 2.60 bits per heavy atom. The van der Waals surface area contributed by atoms with Gasteiger partial charge in [0.15, 0.2) is 0 Å². The molecular formula is C17H33N3. The molecule has 0 aliphatic rings. The van der Waals surface area contributed by atoms with E-state index in [4.69, 9.17) is 5.10 Å². The quantitative estimate of drug-likeness (QED) is 0.734. The van der Waals surface area contributed by atoms with Gasteiger partial charge in [-0.3, -0.25) is 4.68 Å². The fraction of sp³-hybridized carbons (Fsp3) is 0.824. The molecule has 1 N–H and O–H groups in total. The van der Waals surface area contributed by atoms with E-state index in [2.05, 4.69) is 63.8 Å². The minimum absolute atomic E-state index is 0.287. The molecule has 1 rings (SSSR count). The summed E-state index contributed by atoms with van der Waals surface area (Å²) in [5, 5.41) is 8.31. The van der Waals surface area contributed by atoms with Crippen LogP contribution in [-0.4, -0.2) is 22.4 Å². The number of hydrogen-bond acceptors (Lipinski definition) is 2. The molecule has 0 bridgehead atoms. The highest BCUT2D eigenvalue weighted by Gasteiger charge is 2.22. The Labute approximate surface area is 125 Å². The average molecular weight is 279 g/mol. The van der Waals surface area contributed by atoms with Gasteiger partial charge in [-0.2, -0.15) is 5.10 Å². The van der Waals surface area contributed by atoms with Crippen LogP contribution in [0.1, 0.15) is 72.5 Å². The molecule has 20 heavy (non-hydrogen) atoms. The van der Waals surface area contributed by atoms with Crippen LogP contribution in [0.2, 0.25) is 0 Å². The van der Waals surface area contributed by atoms with Crippen molar-refractivity contribution in [1.29, 1.82) is 0 Å². The maximum atomic E-state index is 4.73. The molecule has 0 aliphatic carbocycles. The summed E-state index contributed by atoms with van der Waals surface area (Å²) in [6.07, 6.45) is 6.68. The molecule has 0 saturated heterocycles. The number of aromatic nitrogens is 2. The van der Waals surface area contributed by atoms with Crippen LogP contribution in [-0.2, 0) is 6.42 Å². The molecule has 1 aromatic rings. The molecule has 1 aromatic heterocycles. The van der Waals surface area contributed by atoms with Crippen molar-refractivity contribution in [2.24, 2.45) is 5.41 Å². The molecule has 0 saturated carbocycles. The monoisotopic (exact) mass is 279 g/mol. The van der Waals surface area contributed by atoms with Gasteiger partial charge in [-0.05, 0) is 57.6 Å². The van der Waals surface area contributed by atoms with Crippen LogP contribution in [0.5, 0.6) is 0 Å². The second-order valence-electron chi connectivity index (χ2n) is 6.94. The highest BCUT2D eigenvalue weighted by atomic mass is 15.3. The standard InChI is InChI=1S/C17H33N3/c1-7-10-18-14(3)12-17(5,6)13-16-9-11-20(19-16)15(4)8-2/h9,11,14-15,18H,7-8,10,12-13H2,1-6H3. The van der Waals surface area contributed by atoms with Gasteiger partial charge < -0.3 is 5.32 Å². The third-order valence-electron chi connectivity index (χ3n) is 3.97. The molecule has 0 aromatic carbocycles. The van der Waals surface area contributed by atoms with E-state index in [1.807, 2.05) is 0 Å². The Balaban J connectivity index is 2.54. The summed E-state index contributed by atoms with van der Waals surface area (Å²) in [5.41, 5.74) is 1.51. The fourth-order valence-electron chi connectivity index (χ4n) is 2.76. The lowest BCUT2D eigenvalue weighted by molar-refractivity contribution is 0.283. The van der Waals surface area contributed by atoms with E-state index in [9.17, 15) is 0 Å². The van der Waals surface area contributed by atoms with Crippen molar-refractivity contribution in [2.75, 3.05) is 6.54 Å². The molecule has 3 nitrogen and oxygen atoms in total. The van der Waals surface area contributed by atoms with Gasteiger partial charge in [-0.25, -0.2) is 0 Å². The Hall–Kier alpha value is -0.830. The zero-order chi connectivity index (χ0) is 15.2. The van der Waals surface area contributed by atoms with Crippen LogP contribution >= 0.6 is 0 Å². The molecule has 2 atom stereocenters. The lowest BCUT2D eigenvalue weighted by Crippen LogP contribution is -2.32. The van der Waals surface area contributed by atoms with Crippen molar-refractivity contribution in [3.8, 4) is 0 Å². The van der Waals surface area contributed by atoms with Crippen molar-refractivity contribution in [2.45, 2.75) is 79.3 Å². The Kier molecular flexibility index (Phi) is 6.74. The zero-order valence-corrected chi connectivity index (χ0v) is 14.2. The molecule has 3 heteroatoms. The maximum absolute atomic E-state index is 4.73. The van der Waals surface area contributed by atoms with Crippen LogP contribution in [0.4, 0.5) is 0 Å². The zero-order valence-electron chi connectivity index (χ0n) is 14.2. The first kappa shape index (κ1) is 17.2. The van der Waals surface area contributed by atoms with E-state index in [1.165, 1.54) is 18.5 Å². The van der Waals surface area contributed by atoms with Gasteiger partial charge in [0, 0.05) is 18.3 Å². The van der Waals surface area contributed by atoms with Crippen LogP contribution in [0.25, 0.3) is 0 Å². The molecule has 0 spiro atoms. The summed E-state index contributed by atoms with van der Waals surface area (Å²) in [6.45, 7) is 14.7. The summed E-state index contributed by atoms with van der Waals surface area (Å²) in [5.74, 6) is 0. The first-order valence-electron chi connectivity index (χ1n) is 8.15. The van der Waals surface area contributed by atoms with Crippen molar-refractivity contribution >= 4 is 0 Å². The topological polar surface area (TPSA) is 29.9 Å². The van der Waals surface area contributed by atoms with E-state index in [1.54, 1.807) is 0 Å². The number of nitrogens with one attached hydrogen (secondary N) is 1. The first-order chi connectivity index (χ1) is 9.38. The van der Waals surface area contributed by atoms with Crippen LogP contribution in [0, 0.1) is 5.41 Å². The second kappa shape index (κ2) is 7.82. The van der Waals surface area contributed by atoms with Crippen molar-refractivity contribution in [1.82, 2.24) is 15.1 Å². The van der Waals surface area contributed by atoms with Crippen LogP contribution in [0.3, 0.4) is 0 Å². The van der Waals surface area contributed by atoms with Gasteiger partial charge in [-0.15, -0.1) is 0 Å². The van der Waals surface area contributed by atoms with E-state index in [-0.39, 0.29) is 5.41 Å². The summed E-state index contributed by atoms with van der Waals surface area (Å²) in [4.78, 5) is 0. The molecular weight excluding hydrogens is 246 g/mol. The van der Waals surface area contributed by atoms with Crippen molar-refractivity contribution < 1.29 is 0 Å². The lowest BCUT2D eigenvalue weighted by Gasteiger charge is -2.28. The summed E-state index contributed by atoms with van der Waals surface area (Å²) in [6, 6.07) is 3.25. The highest BCUT2D eigenvalue weighted by molar-refractivity contribution is 5.03. The van der Waals surface area contributed by atoms with Crippen molar-refractivity contribution in [3.05, 3.63) is 18.0 Å². The van der Waals surface area contributed by atoms with Gasteiger partial charge in [0.05, 0.1) is 5.69 Å². The highest BCUT2D eigenvalue weighted by Crippen LogP contribution is 2.27. The third-order valence-corrected chi connectivity index (χ3v) is 3.97. The van der Waals surface area contributed by atoms with Gasteiger partial charge in [-0.1, -0.05) is 27.7 Å². The van der Waals surface area contributed by atoms with E-state index in [0.29, 0.717) is 12.1 Å². The van der Waals surface area contributed by atoms with Gasteiger partial charge in [0.2, 0.25) is 0 Å². The molecule has 2 unspecified atom stereocenters. The molecule has 0 fully saturated rings. The predicted molar refractivity (Wildman–Crippen MR) is 87.1 cm³/mol. The average Bonchev–Trinajstić information content (AvgIpc) is 2.82. The minimum Gasteiger partial charge on any atom is -0.314 e. The Morgan fingerprint density at radius 2 is 2.00 bits per heavy atom. The fourth-order valence-corrected chi connectivity index (χ4v) is 2.76. The third kappa shape index (κ3) is 5.66. The number of hydrogen-bond donors (Lipinski definition) is 1. The SMILES string of the molecule is CCCNC(C)CC(C)(C)Cc1ccn(C(C)CC)n1. The molecule has 0 amide bonds. The maximum Gasteiger partial charge on any atom is 0.0630 e. The molecule has 116 valence electrons. The summed E-state index contributed by atoms with van der Waals surface area (Å²) < 4.78 is 2.10. The second-order valence-corrected chi connectivity index (χ2v) is 6.94. The Bertz CT molecular complexity index is 381. The normalized spacial score (nSPS) is 15.3. The molecule has 0 radical (unpaired) electrons. The predicted octanol–water partition coefficient (Wildman–Crippen LogP) is 4.20. The summed E-state index contributed by atoms with van der Waals surface area (Å²) >= 11 is 0. The van der Waals surface area contributed by atoms with Gasteiger partial charge in [0.25, 0.3) is 0 Å². The first-order valence-corrected chi connectivity index (χ1v) is 8.15. The van der Waals surface area contributed by atoms with Crippen LogP contribution < -0.4 is 5.32 Å². The molecule has 1 heterocycles. The lowest BCUT2D eigenvalue weighted by atomic mass is 9.82. The van der Waals surface area contributed by atoms with E-state index >= 15 is 0 Å². The summed E-state index contributed by atoms with van der Waals surface area (Å²) in [7, 11) is 0. The smallest absolute Gasteiger partial charge is 0.0630 e. The Morgan fingerprint density at radius 1 is 1.30 bits per heavy atom. The number of rotatable bonds is 9. The largest absolute Gasteiger partial charge is 0.314 e.